The molecule has 5 nitrogen and oxygen atoms in total. The van der Waals surface area contributed by atoms with Gasteiger partial charge in [0.1, 0.15) is 0 Å². The maximum absolute atomic E-state index is 10.2. The molecule has 1 aromatic heterocycles. The number of aliphatic hydroxyl groups is 1. The Labute approximate surface area is 109 Å². The van der Waals surface area contributed by atoms with Crippen LogP contribution in [0.5, 0.6) is 0 Å². The van der Waals surface area contributed by atoms with Crippen LogP contribution in [0.1, 0.15) is 12.0 Å². The molecule has 0 saturated carbocycles. The van der Waals surface area contributed by atoms with Gasteiger partial charge in [0, 0.05) is 45.3 Å². The minimum atomic E-state index is -0.284. The molecule has 1 aliphatic heterocycles. The van der Waals surface area contributed by atoms with Gasteiger partial charge in [-0.15, -0.1) is 0 Å². The molecule has 18 heavy (non-hydrogen) atoms. The second kappa shape index (κ2) is 5.82. The average molecular weight is 252 g/mol. The third-order valence-electron chi connectivity index (χ3n) is 3.75. The summed E-state index contributed by atoms with van der Waals surface area (Å²) in [5.74, 6) is 0. The minimum absolute atomic E-state index is 0.284. The van der Waals surface area contributed by atoms with Crippen LogP contribution in [0.3, 0.4) is 0 Å². The van der Waals surface area contributed by atoms with Crippen molar-refractivity contribution in [1.29, 1.82) is 0 Å². The molecular weight excluding hydrogens is 228 g/mol. The van der Waals surface area contributed by atoms with E-state index in [0.717, 1.165) is 31.6 Å². The first-order valence-corrected chi connectivity index (χ1v) is 6.59. The maximum Gasteiger partial charge on any atom is 0.0597 e. The lowest BCUT2D eigenvalue weighted by molar-refractivity contribution is 0.0639. The highest BCUT2D eigenvalue weighted by Crippen LogP contribution is 2.14. The van der Waals surface area contributed by atoms with E-state index in [-0.39, 0.29) is 6.10 Å². The second-order valence-corrected chi connectivity index (χ2v) is 5.51. The van der Waals surface area contributed by atoms with Crippen molar-refractivity contribution in [2.45, 2.75) is 25.0 Å². The number of hydrogen-bond donors (Lipinski definition) is 1. The Morgan fingerprint density at radius 2 is 2.17 bits per heavy atom. The standard InChI is InChI=1S/C13H24N4O/c1-15-4-5-16(2)12(10-15)7-13(18)6-11-8-14-17(3)9-11/h8-9,12-13,18H,4-7,10H2,1-3H3. The molecule has 1 saturated heterocycles. The van der Waals surface area contributed by atoms with E-state index in [1.807, 2.05) is 19.4 Å². The van der Waals surface area contributed by atoms with Gasteiger partial charge in [-0.2, -0.15) is 5.10 Å². The molecular formula is C13H24N4O. The summed E-state index contributed by atoms with van der Waals surface area (Å²) in [6.45, 7) is 3.24. The molecule has 2 heterocycles. The van der Waals surface area contributed by atoms with E-state index >= 15 is 0 Å². The number of likely N-dealkylation sites (N-methyl/N-ethyl adjacent to an activating group) is 2. The predicted octanol–water partition coefficient (Wildman–Crippen LogP) is -0.0406. The Kier molecular flexibility index (Phi) is 4.37. The lowest BCUT2D eigenvalue weighted by Gasteiger charge is -2.38. The summed E-state index contributed by atoms with van der Waals surface area (Å²) in [6, 6.07) is 0.454. The summed E-state index contributed by atoms with van der Waals surface area (Å²) in [6.07, 6.45) is 5.05. The van der Waals surface area contributed by atoms with Crippen LogP contribution >= 0.6 is 0 Å². The molecule has 0 spiro atoms. The lowest BCUT2D eigenvalue weighted by Crippen LogP contribution is -2.51. The molecule has 5 heteroatoms. The van der Waals surface area contributed by atoms with Crippen LogP contribution in [0.2, 0.25) is 0 Å². The topological polar surface area (TPSA) is 44.5 Å². The van der Waals surface area contributed by atoms with Crippen molar-refractivity contribution in [2.75, 3.05) is 33.7 Å². The first-order chi connectivity index (χ1) is 8.54. The molecule has 0 aliphatic carbocycles. The van der Waals surface area contributed by atoms with Gasteiger partial charge in [-0.3, -0.25) is 4.68 Å². The van der Waals surface area contributed by atoms with Crippen LogP contribution < -0.4 is 0 Å². The molecule has 2 atom stereocenters. The van der Waals surface area contributed by atoms with Crippen LogP contribution in [0.4, 0.5) is 0 Å². The molecule has 0 amide bonds. The number of rotatable bonds is 4. The monoisotopic (exact) mass is 252 g/mol. The van der Waals surface area contributed by atoms with Gasteiger partial charge in [0.25, 0.3) is 0 Å². The zero-order valence-corrected chi connectivity index (χ0v) is 11.6. The van der Waals surface area contributed by atoms with Gasteiger partial charge in [-0.1, -0.05) is 0 Å². The van der Waals surface area contributed by atoms with Gasteiger partial charge < -0.3 is 14.9 Å². The van der Waals surface area contributed by atoms with E-state index in [9.17, 15) is 5.11 Å². The lowest BCUT2D eigenvalue weighted by atomic mass is 10.0. The minimum Gasteiger partial charge on any atom is -0.393 e. The Morgan fingerprint density at radius 3 is 2.83 bits per heavy atom. The van der Waals surface area contributed by atoms with Crippen LogP contribution in [0.25, 0.3) is 0 Å². The molecule has 0 radical (unpaired) electrons. The predicted molar refractivity (Wildman–Crippen MR) is 71.5 cm³/mol. The van der Waals surface area contributed by atoms with Gasteiger partial charge in [0.05, 0.1) is 12.3 Å². The summed E-state index contributed by atoms with van der Waals surface area (Å²) < 4.78 is 1.78. The van der Waals surface area contributed by atoms with E-state index in [1.165, 1.54) is 0 Å². The number of piperazine rings is 1. The molecule has 102 valence electrons. The number of aromatic nitrogens is 2. The van der Waals surface area contributed by atoms with Gasteiger partial charge in [-0.25, -0.2) is 0 Å². The van der Waals surface area contributed by atoms with E-state index < -0.39 is 0 Å². The smallest absolute Gasteiger partial charge is 0.0597 e. The summed E-state index contributed by atoms with van der Waals surface area (Å²) in [4.78, 5) is 4.69. The van der Waals surface area contributed by atoms with Crippen molar-refractivity contribution >= 4 is 0 Å². The molecule has 1 aromatic rings. The van der Waals surface area contributed by atoms with Gasteiger partial charge in [0.2, 0.25) is 0 Å². The Morgan fingerprint density at radius 1 is 1.39 bits per heavy atom. The van der Waals surface area contributed by atoms with Crippen molar-refractivity contribution < 1.29 is 5.11 Å². The van der Waals surface area contributed by atoms with E-state index in [2.05, 4.69) is 29.0 Å². The second-order valence-electron chi connectivity index (χ2n) is 5.51. The first kappa shape index (κ1) is 13.5. The van der Waals surface area contributed by atoms with Crippen LogP contribution in [-0.4, -0.2) is 70.6 Å². The fraction of sp³-hybridized carbons (Fsp3) is 0.769. The Hall–Kier alpha value is -0.910. The Bertz CT molecular complexity index is 379. The van der Waals surface area contributed by atoms with Crippen LogP contribution in [0, 0.1) is 0 Å². The highest BCUT2D eigenvalue weighted by Gasteiger charge is 2.24. The molecule has 0 aromatic carbocycles. The summed E-state index contributed by atoms with van der Waals surface area (Å²) in [7, 11) is 6.20. The normalized spacial score (nSPS) is 24.3. The summed E-state index contributed by atoms with van der Waals surface area (Å²) in [5, 5.41) is 14.3. The van der Waals surface area contributed by atoms with Gasteiger partial charge >= 0.3 is 0 Å². The average Bonchev–Trinajstić information content (AvgIpc) is 2.69. The molecule has 1 fully saturated rings. The zero-order valence-electron chi connectivity index (χ0n) is 11.6. The molecule has 2 rings (SSSR count). The molecule has 0 bridgehead atoms. The van der Waals surface area contributed by atoms with E-state index in [1.54, 1.807) is 4.68 Å². The maximum atomic E-state index is 10.2. The van der Waals surface area contributed by atoms with Gasteiger partial charge in [0.15, 0.2) is 0 Å². The highest BCUT2D eigenvalue weighted by molar-refractivity contribution is 5.05. The quantitative estimate of drug-likeness (QED) is 0.817. The number of nitrogens with zero attached hydrogens (tertiary/aromatic N) is 4. The first-order valence-electron chi connectivity index (χ1n) is 6.59. The highest BCUT2D eigenvalue weighted by atomic mass is 16.3. The molecule has 2 unspecified atom stereocenters. The van der Waals surface area contributed by atoms with Crippen molar-refractivity contribution in [3.8, 4) is 0 Å². The van der Waals surface area contributed by atoms with E-state index in [0.29, 0.717) is 12.5 Å². The zero-order chi connectivity index (χ0) is 13.1. The summed E-state index contributed by atoms with van der Waals surface area (Å²) >= 11 is 0. The largest absolute Gasteiger partial charge is 0.393 e. The third kappa shape index (κ3) is 3.54. The van der Waals surface area contributed by atoms with Gasteiger partial charge in [-0.05, 0) is 26.1 Å². The fourth-order valence-electron chi connectivity index (χ4n) is 2.60. The SMILES string of the molecule is CN1CCN(C)C(CC(O)Cc2cnn(C)c2)C1. The fourth-order valence-corrected chi connectivity index (χ4v) is 2.60. The van der Waals surface area contributed by atoms with Crippen LogP contribution in [0.15, 0.2) is 12.4 Å². The number of hydrogen-bond acceptors (Lipinski definition) is 4. The third-order valence-corrected chi connectivity index (χ3v) is 3.75. The summed E-state index contributed by atoms with van der Waals surface area (Å²) in [5.41, 5.74) is 1.11. The van der Waals surface area contributed by atoms with Crippen molar-refractivity contribution in [2.24, 2.45) is 7.05 Å². The molecule has 1 aliphatic rings. The van der Waals surface area contributed by atoms with Crippen molar-refractivity contribution in [1.82, 2.24) is 19.6 Å². The van der Waals surface area contributed by atoms with Crippen molar-refractivity contribution in [3.05, 3.63) is 18.0 Å². The van der Waals surface area contributed by atoms with Crippen molar-refractivity contribution in [3.63, 3.8) is 0 Å². The number of aliphatic hydroxyl groups excluding tert-OH is 1. The Balaban J connectivity index is 1.84. The molecule has 1 N–H and O–H groups in total. The number of aryl methyl sites for hydroxylation is 1. The van der Waals surface area contributed by atoms with E-state index in [4.69, 9.17) is 0 Å². The van der Waals surface area contributed by atoms with Crippen LogP contribution in [-0.2, 0) is 13.5 Å².